The van der Waals surface area contributed by atoms with Crippen molar-refractivity contribution >= 4 is 19.7 Å². The highest BCUT2D eigenvalue weighted by atomic mass is 31.1. The first kappa shape index (κ1) is 22.2. The third-order valence-electron chi connectivity index (χ3n) is 5.34. The first-order valence-electron chi connectivity index (χ1n) is 10.5. The summed E-state index contributed by atoms with van der Waals surface area (Å²) in [6.07, 6.45) is 0.994. The summed E-state index contributed by atoms with van der Waals surface area (Å²) in [5.74, 6) is 1.12. The number of hydrogen-bond donors (Lipinski definition) is 0. The third kappa shape index (κ3) is 5.37. The van der Waals surface area contributed by atoms with E-state index in [0.717, 1.165) is 34.2 Å². The Labute approximate surface area is 182 Å². The minimum Gasteiger partial charge on any atom is -0.488 e. The van der Waals surface area contributed by atoms with Gasteiger partial charge in [0.25, 0.3) is 0 Å². The molecule has 0 saturated heterocycles. The predicted octanol–water partition coefficient (Wildman–Crippen LogP) is 6.85. The fourth-order valence-electron chi connectivity index (χ4n) is 3.84. The van der Waals surface area contributed by atoms with Crippen molar-refractivity contribution in [1.82, 2.24) is 0 Å². The zero-order valence-electron chi connectivity index (χ0n) is 18.6. The molecule has 0 aromatic heterocycles. The van der Waals surface area contributed by atoms with Crippen LogP contribution in [0, 0.1) is 20.8 Å². The fraction of sp³-hybridized carbons (Fsp3) is 0.296. The molecule has 2 atom stereocenters. The Bertz CT molecular complexity index is 1020. The van der Waals surface area contributed by atoms with Gasteiger partial charge in [-0.25, -0.2) is 0 Å². The normalized spacial score (nSPS) is 12.3. The molecule has 0 bridgehead atoms. The van der Waals surface area contributed by atoms with Crippen LogP contribution in [0.3, 0.4) is 0 Å². The molecule has 0 fully saturated rings. The number of hydrogen-bond acceptors (Lipinski definition) is 2. The first-order chi connectivity index (χ1) is 14.4. The van der Waals surface area contributed by atoms with E-state index < -0.39 is 0 Å². The van der Waals surface area contributed by atoms with Crippen LogP contribution in [0.5, 0.6) is 5.75 Å². The van der Waals surface area contributed by atoms with Crippen molar-refractivity contribution in [2.45, 2.75) is 53.3 Å². The summed E-state index contributed by atoms with van der Waals surface area (Å²) in [6.45, 7) is 10.7. The second-order valence-corrected chi connectivity index (χ2v) is 9.51. The minimum absolute atomic E-state index is 0.136. The van der Waals surface area contributed by atoms with Crippen molar-refractivity contribution < 1.29 is 9.53 Å². The van der Waals surface area contributed by atoms with Gasteiger partial charge in [-0.1, -0.05) is 81.2 Å². The number of carbonyl (C=O) groups is 1. The molecule has 0 aliphatic heterocycles. The zero-order chi connectivity index (χ0) is 21.7. The molecule has 0 amide bonds. The van der Waals surface area contributed by atoms with E-state index in [1.54, 1.807) is 6.92 Å². The summed E-state index contributed by atoms with van der Waals surface area (Å²) in [4.78, 5) is 12.2. The molecule has 0 aliphatic rings. The highest BCUT2D eigenvalue weighted by molar-refractivity contribution is 7.47. The Morgan fingerprint density at radius 2 is 1.70 bits per heavy atom. The summed E-state index contributed by atoms with van der Waals surface area (Å²) >= 11 is 0. The second-order valence-electron chi connectivity index (χ2n) is 7.98. The molecular formula is C27H31O2P. The lowest BCUT2D eigenvalue weighted by Gasteiger charge is -2.23. The molecule has 0 aliphatic carbocycles. The molecule has 0 N–H and O–H groups in total. The number of carbonyl (C=O) groups excluding carboxylic acids is 1. The molecule has 0 radical (unpaired) electrons. The Morgan fingerprint density at radius 1 is 0.967 bits per heavy atom. The zero-order valence-corrected chi connectivity index (χ0v) is 19.6. The molecule has 30 heavy (non-hydrogen) atoms. The Balaban J connectivity index is 1.95. The topological polar surface area (TPSA) is 26.3 Å². The lowest BCUT2D eigenvalue weighted by molar-refractivity contribution is 0.101. The average molecular weight is 419 g/mol. The van der Waals surface area contributed by atoms with Gasteiger partial charge in [0, 0.05) is 16.8 Å². The van der Waals surface area contributed by atoms with Gasteiger partial charge >= 0.3 is 0 Å². The van der Waals surface area contributed by atoms with Gasteiger partial charge < -0.3 is 4.74 Å². The lowest BCUT2D eigenvalue weighted by Crippen LogP contribution is -2.12. The molecule has 0 saturated carbocycles. The van der Waals surface area contributed by atoms with Crippen molar-refractivity contribution in [1.29, 1.82) is 0 Å². The largest absolute Gasteiger partial charge is 0.488 e. The number of Topliss-reactive ketones (excluding diaryl/α,β-unsaturated/α-hetero) is 1. The van der Waals surface area contributed by atoms with Crippen molar-refractivity contribution in [3.05, 3.63) is 94.0 Å². The Hall–Kier alpha value is -2.44. The number of ether oxygens (including phenoxy) is 1. The van der Waals surface area contributed by atoms with Gasteiger partial charge in [0.05, 0.1) is 0 Å². The molecule has 3 aromatic carbocycles. The number of ketones is 1. The van der Waals surface area contributed by atoms with Crippen LogP contribution in [0.15, 0.2) is 60.7 Å². The van der Waals surface area contributed by atoms with Crippen molar-refractivity contribution in [3.63, 3.8) is 0 Å². The molecule has 2 nitrogen and oxygen atoms in total. The van der Waals surface area contributed by atoms with Gasteiger partial charge in [-0.3, -0.25) is 4.79 Å². The summed E-state index contributed by atoms with van der Waals surface area (Å²) in [5.41, 5.74) is 7.11. The van der Waals surface area contributed by atoms with E-state index in [2.05, 4.69) is 57.2 Å². The molecule has 156 valence electrons. The van der Waals surface area contributed by atoms with Crippen LogP contribution in [0.4, 0.5) is 0 Å². The summed E-state index contributed by atoms with van der Waals surface area (Å²) in [6, 6.07) is 21.0. The van der Waals surface area contributed by atoms with Gasteiger partial charge in [-0.2, -0.15) is 0 Å². The maximum absolute atomic E-state index is 12.2. The van der Waals surface area contributed by atoms with Crippen LogP contribution in [-0.4, -0.2) is 5.78 Å². The minimum atomic E-state index is 0.136. The third-order valence-corrected chi connectivity index (χ3v) is 7.16. The molecule has 0 spiro atoms. The highest BCUT2D eigenvalue weighted by Crippen LogP contribution is 2.43. The maximum Gasteiger partial charge on any atom is 0.160 e. The van der Waals surface area contributed by atoms with Gasteiger partial charge in [0.1, 0.15) is 12.4 Å². The van der Waals surface area contributed by atoms with Gasteiger partial charge in [-0.05, 0) is 56.6 Å². The summed E-state index contributed by atoms with van der Waals surface area (Å²) in [7, 11) is 0.520. The quantitative estimate of drug-likeness (QED) is 0.295. The van der Waals surface area contributed by atoms with Crippen molar-refractivity contribution in [2.75, 3.05) is 0 Å². The Morgan fingerprint density at radius 3 is 2.37 bits per heavy atom. The molecular weight excluding hydrogens is 387 g/mol. The monoisotopic (exact) mass is 418 g/mol. The molecule has 3 heteroatoms. The molecule has 3 rings (SSSR count). The van der Waals surface area contributed by atoms with E-state index in [9.17, 15) is 4.79 Å². The second kappa shape index (κ2) is 10.0. The SMILES string of the molecule is CCC(Pc1ccc(C)cc1C(C)=O)c1cc(C)cc(C)c1OCc1ccccc1. The fourth-order valence-corrected chi connectivity index (χ4v) is 5.37. The van der Waals surface area contributed by atoms with Crippen LogP contribution in [0.1, 0.15) is 64.1 Å². The summed E-state index contributed by atoms with van der Waals surface area (Å²) < 4.78 is 6.36. The van der Waals surface area contributed by atoms with E-state index in [1.165, 1.54) is 16.7 Å². The van der Waals surface area contributed by atoms with Gasteiger partial charge in [0.2, 0.25) is 0 Å². The summed E-state index contributed by atoms with van der Waals surface area (Å²) in [5, 5.41) is 1.15. The van der Waals surface area contributed by atoms with Crippen LogP contribution in [-0.2, 0) is 6.61 Å². The van der Waals surface area contributed by atoms with Crippen LogP contribution < -0.4 is 10.0 Å². The number of benzene rings is 3. The van der Waals surface area contributed by atoms with Crippen LogP contribution in [0.2, 0.25) is 0 Å². The van der Waals surface area contributed by atoms with Crippen LogP contribution >= 0.6 is 8.58 Å². The Kier molecular flexibility index (Phi) is 7.45. The smallest absolute Gasteiger partial charge is 0.160 e. The highest BCUT2D eigenvalue weighted by Gasteiger charge is 2.20. The molecule has 3 aromatic rings. The standard InChI is InChI=1S/C27H31O2P/c1-6-25(30-26-13-12-18(2)15-23(26)21(5)28)24-16-19(3)14-20(4)27(24)29-17-22-10-8-7-9-11-22/h7-16,25,30H,6,17H2,1-5H3. The van der Waals surface area contributed by atoms with Crippen LogP contribution in [0.25, 0.3) is 0 Å². The van der Waals surface area contributed by atoms with E-state index in [-0.39, 0.29) is 5.78 Å². The van der Waals surface area contributed by atoms with E-state index in [4.69, 9.17) is 4.74 Å². The van der Waals surface area contributed by atoms with Gasteiger partial charge in [0.15, 0.2) is 5.78 Å². The van der Waals surface area contributed by atoms with Gasteiger partial charge in [-0.15, -0.1) is 0 Å². The molecule has 2 unspecified atom stereocenters. The first-order valence-corrected chi connectivity index (χ1v) is 11.6. The number of rotatable bonds is 8. The van der Waals surface area contributed by atoms with Crippen molar-refractivity contribution in [2.24, 2.45) is 0 Å². The maximum atomic E-state index is 12.2. The van der Waals surface area contributed by atoms with E-state index >= 15 is 0 Å². The van der Waals surface area contributed by atoms with E-state index in [1.807, 2.05) is 31.2 Å². The van der Waals surface area contributed by atoms with Crippen molar-refractivity contribution in [3.8, 4) is 5.75 Å². The number of aryl methyl sites for hydroxylation is 3. The average Bonchev–Trinajstić information content (AvgIpc) is 2.72. The van der Waals surface area contributed by atoms with E-state index in [0.29, 0.717) is 20.8 Å². The molecule has 0 heterocycles. The lowest BCUT2D eigenvalue weighted by atomic mass is 10.0. The predicted molar refractivity (Wildman–Crippen MR) is 129 cm³/mol.